The van der Waals surface area contributed by atoms with Crippen LogP contribution in [0.4, 0.5) is 23.2 Å². The molecule has 25 heavy (non-hydrogen) atoms. The van der Waals surface area contributed by atoms with Crippen LogP contribution in [0.5, 0.6) is 0 Å². The summed E-state index contributed by atoms with van der Waals surface area (Å²) in [4.78, 5) is 26.4. The van der Waals surface area contributed by atoms with Gasteiger partial charge in [0.15, 0.2) is 0 Å². The molecule has 0 radical (unpaired) electrons. The smallest absolute Gasteiger partial charge is 0.333 e. The topological polar surface area (TPSA) is 40.6 Å². The monoisotopic (exact) mass is 422 g/mol. The number of carbonyl (C=O) groups is 2. The number of anilines is 1. The number of rotatable bonds is 2. The number of hydrogen-bond donors (Lipinski definition) is 0. The molecule has 1 atom stereocenters. The van der Waals surface area contributed by atoms with Crippen molar-refractivity contribution in [1.82, 2.24) is 4.90 Å². The lowest BCUT2D eigenvalue weighted by Gasteiger charge is -2.32. The van der Waals surface area contributed by atoms with Crippen LogP contribution in [-0.2, 0) is 16.0 Å². The first-order chi connectivity index (χ1) is 11.7. The number of nitrogens with zero attached hydrogens (tertiary/aromatic N) is 2. The van der Waals surface area contributed by atoms with Crippen LogP contribution in [0.1, 0.15) is 18.4 Å². The summed E-state index contributed by atoms with van der Waals surface area (Å²) in [6, 6.07) is 2.98. The van der Waals surface area contributed by atoms with Crippen molar-refractivity contribution in [2.24, 2.45) is 5.92 Å². The van der Waals surface area contributed by atoms with E-state index >= 15 is 0 Å². The van der Waals surface area contributed by atoms with Crippen molar-refractivity contribution in [2.75, 3.05) is 24.5 Å². The molecule has 2 amide bonds. The molecule has 1 aromatic carbocycles. The van der Waals surface area contributed by atoms with E-state index in [1.807, 2.05) is 0 Å². The summed E-state index contributed by atoms with van der Waals surface area (Å²) in [6.07, 6.45) is -3.55. The molecule has 1 unspecified atom stereocenters. The molecule has 0 aromatic heterocycles. The van der Waals surface area contributed by atoms with E-state index in [2.05, 4.69) is 15.9 Å². The Bertz CT molecular complexity index is 723. The Balaban J connectivity index is 1.81. The second-order valence-corrected chi connectivity index (χ2v) is 7.19. The predicted molar refractivity (Wildman–Crippen MR) is 85.5 cm³/mol. The third kappa shape index (κ3) is 3.80. The van der Waals surface area contributed by atoms with Crippen molar-refractivity contribution in [3.63, 3.8) is 0 Å². The van der Waals surface area contributed by atoms with Gasteiger partial charge < -0.3 is 9.80 Å². The molecule has 0 N–H and O–H groups in total. The highest BCUT2D eigenvalue weighted by Crippen LogP contribution is 2.35. The van der Waals surface area contributed by atoms with E-state index in [1.54, 1.807) is 6.07 Å². The van der Waals surface area contributed by atoms with Crippen LogP contribution in [0.25, 0.3) is 0 Å². The van der Waals surface area contributed by atoms with Gasteiger partial charge in [-0.15, -0.1) is 0 Å². The lowest BCUT2D eigenvalue weighted by Crippen LogP contribution is -2.42. The molecule has 3 rings (SSSR count). The number of alkyl halides is 3. The Morgan fingerprint density at radius 3 is 2.72 bits per heavy atom. The van der Waals surface area contributed by atoms with Gasteiger partial charge in [-0.1, -0.05) is 15.9 Å². The quantitative estimate of drug-likeness (QED) is 0.686. The van der Waals surface area contributed by atoms with Gasteiger partial charge in [-0.3, -0.25) is 9.59 Å². The SMILES string of the molecule is O=C1CC(C(=O)N2CCCc3cc(Br)cc(F)c32)CN1CC(F)(F)F. The van der Waals surface area contributed by atoms with E-state index < -0.39 is 36.3 Å². The fourth-order valence-electron chi connectivity index (χ4n) is 3.40. The van der Waals surface area contributed by atoms with Gasteiger partial charge in [-0.25, -0.2) is 4.39 Å². The van der Waals surface area contributed by atoms with Crippen LogP contribution in [0.3, 0.4) is 0 Å². The van der Waals surface area contributed by atoms with Crippen LogP contribution < -0.4 is 4.90 Å². The molecule has 0 saturated carbocycles. The maximum Gasteiger partial charge on any atom is 0.406 e. The highest BCUT2D eigenvalue weighted by molar-refractivity contribution is 9.10. The number of amides is 2. The van der Waals surface area contributed by atoms with Gasteiger partial charge in [0.05, 0.1) is 11.6 Å². The molecule has 1 aromatic rings. The summed E-state index contributed by atoms with van der Waals surface area (Å²) in [5.74, 6) is -2.65. The Morgan fingerprint density at radius 1 is 1.32 bits per heavy atom. The number of halogens is 5. The van der Waals surface area contributed by atoms with Gasteiger partial charge >= 0.3 is 6.18 Å². The van der Waals surface area contributed by atoms with Crippen molar-refractivity contribution >= 4 is 33.4 Å². The molecule has 0 aliphatic carbocycles. The number of fused-ring (bicyclic) bond motifs is 1. The first kappa shape index (κ1) is 18.2. The van der Waals surface area contributed by atoms with Crippen molar-refractivity contribution in [1.29, 1.82) is 0 Å². The van der Waals surface area contributed by atoms with Crippen molar-refractivity contribution < 1.29 is 27.2 Å². The maximum atomic E-state index is 14.4. The van der Waals surface area contributed by atoms with Crippen LogP contribution in [0.2, 0.25) is 0 Å². The fraction of sp³-hybridized carbons (Fsp3) is 0.500. The highest BCUT2D eigenvalue weighted by Gasteiger charge is 2.42. The summed E-state index contributed by atoms with van der Waals surface area (Å²) in [7, 11) is 0. The van der Waals surface area contributed by atoms with Crippen molar-refractivity contribution in [3.05, 3.63) is 28.0 Å². The van der Waals surface area contributed by atoms with Gasteiger partial charge in [0, 0.05) is 24.0 Å². The Hall–Kier alpha value is -1.64. The highest BCUT2D eigenvalue weighted by atomic mass is 79.9. The Morgan fingerprint density at radius 2 is 2.04 bits per heavy atom. The first-order valence-corrected chi connectivity index (χ1v) is 8.59. The van der Waals surface area contributed by atoms with Crippen LogP contribution in [0.15, 0.2) is 16.6 Å². The largest absolute Gasteiger partial charge is 0.406 e. The van der Waals surface area contributed by atoms with Gasteiger partial charge in [-0.2, -0.15) is 13.2 Å². The van der Waals surface area contributed by atoms with Crippen molar-refractivity contribution in [3.8, 4) is 0 Å². The summed E-state index contributed by atoms with van der Waals surface area (Å²) < 4.78 is 52.4. The minimum Gasteiger partial charge on any atom is -0.333 e. The zero-order valence-electron chi connectivity index (χ0n) is 13.1. The molecule has 2 heterocycles. The minimum atomic E-state index is -4.51. The zero-order valence-corrected chi connectivity index (χ0v) is 14.7. The van der Waals surface area contributed by atoms with Crippen molar-refractivity contribution in [2.45, 2.75) is 25.4 Å². The summed E-state index contributed by atoms with van der Waals surface area (Å²) in [5, 5.41) is 0. The van der Waals surface area contributed by atoms with Crippen LogP contribution in [0, 0.1) is 11.7 Å². The molecule has 136 valence electrons. The summed E-state index contributed by atoms with van der Waals surface area (Å²) in [6.45, 7) is -1.37. The average Bonchev–Trinajstić information content (AvgIpc) is 2.84. The van der Waals surface area contributed by atoms with Gasteiger partial charge in [0.2, 0.25) is 11.8 Å². The minimum absolute atomic E-state index is 0.168. The fourth-order valence-corrected chi connectivity index (χ4v) is 3.88. The van der Waals surface area contributed by atoms with Gasteiger partial charge in [-0.05, 0) is 30.5 Å². The molecule has 1 saturated heterocycles. The van der Waals surface area contributed by atoms with Gasteiger partial charge in [0.1, 0.15) is 12.4 Å². The Labute approximate surface area is 149 Å². The van der Waals surface area contributed by atoms with Crippen LogP contribution >= 0.6 is 15.9 Å². The molecule has 4 nitrogen and oxygen atoms in total. The predicted octanol–water partition coefficient (Wildman–Crippen LogP) is 3.28. The maximum absolute atomic E-state index is 14.4. The average molecular weight is 423 g/mol. The second-order valence-electron chi connectivity index (χ2n) is 6.28. The lowest BCUT2D eigenvalue weighted by atomic mass is 9.98. The number of benzene rings is 1. The molecular weight excluding hydrogens is 408 g/mol. The van der Waals surface area contributed by atoms with E-state index in [0.29, 0.717) is 27.8 Å². The molecule has 2 aliphatic heterocycles. The molecule has 9 heteroatoms. The number of likely N-dealkylation sites (tertiary alicyclic amines) is 1. The molecule has 1 fully saturated rings. The molecule has 0 bridgehead atoms. The van der Waals surface area contributed by atoms with Crippen LogP contribution in [-0.4, -0.2) is 42.5 Å². The summed E-state index contributed by atoms with van der Waals surface area (Å²) >= 11 is 3.21. The van der Waals surface area contributed by atoms with E-state index in [-0.39, 0.29) is 25.2 Å². The zero-order chi connectivity index (χ0) is 18.4. The first-order valence-electron chi connectivity index (χ1n) is 7.79. The number of hydrogen-bond acceptors (Lipinski definition) is 2. The van der Waals surface area contributed by atoms with E-state index in [4.69, 9.17) is 0 Å². The standard InChI is InChI=1S/C16H15BrF4N2O2/c17-11-4-9-2-1-3-23(14(9)12(18)6-11)15(25)10-5-13(24)22(7-10)8-16(19,20)21/h4,6,10H,1-3,5,7-8H2. The third-order valence-electron chi connectivity index (χ3n) is 4.40. The lowest BCUT2D eigenvalue weighted by molar-refractivity contribution is -0.157. The third-order valence-corrected chi connectivity index (χ3v) is 4.86. The summed E-state index contributed by atoms with van der Waals surface area (Å²) in [5.41, 5.74) is 0.837. The normalized spacial score (nSPS) is 20.8. The number of aryl methyl sites for hydroxylation is 1. The Kier molecular flexibility index (Phi) is 4.78. The van der Waals surface area contributed by atoms with Gasteiger partial charge in [0.25, 0.3) is 0 Å². The van der Waals surface area contributed by atoms with E-state index in [0.717, 1.165) is 0 Å². The van der Waals surface area contributed by atoms with E-state index in [1.165, 1.54) is 11.0 Å². The number of carbonyl (C=O) groups excluding carboxylic acids is 2. The second kappa shape index (κ2) is 6.59. The van der Waals surface area contributed by atoms with E-state index in [9.17, 15) is 27.2 Å². The molecular formula is C16H15BrF4N2O2. The molecule has 2 aliphatic rings. The molecule has 0 spiro atoms.